The molecule has 0 aliphatic carbocycles. The lowest BCUT2D eigenvalue weighted by Gasteiger charge is -2.39. The zero-order chi connectivity index (χ0) is 44.9. The SMILES string of the molecule is Bc1c(B)c(N(c2c(B)c(B)c(-c3cccc4ccccc34)c(B)c2B)c2c(B)c(B)c(-c3cccc4oc5ccccc5c34)c(B)c2B)c(B)c(B)c1-c1cccc2ccccc12. The highest BCUT2D eigenvalue weighted by molar-refractivity contribution is 6.68. The van der Waals surface area contributed by atoms with Gasteiger partial charge in [0.15, 0.2) is 0 Å². The molecule has 0 N–H and O–H groups in total. The Labute approximate surface area is 388 Å². The first-order chi connectivity index (χ1) is 30.8. The zero-order valence-corrected chi connectivity index (χ0v) is 39.5. The van der Waals surface area contributed by atoms with Crippen molar-refractivity contribution in [3.05, 3.63) is 127 Å². The number of benzene rings is 9. The molecule has 1 aromatic heterocycles. The molecule has 0 atom stereocenters. The summed E-state index contributed by atoms with van der Waals surface area (Å²) in [6, 6.07) is 46.1. The van der Waals surface area contributed by atoms with E-state index in [1.54, 1.807) is 0 Å². The van der Waals surface area contributed by atoms with Crippen molar-refractivity contribution in [3.8, 4) is 33.4 Å². The molecule has 0 aliphatic heterocycles. The Morgan fingerprint density at radius 1 is 0.281 bits per heavy atom. The van der Waals surface area contributed by atoms with E-state index in [1.165, 1.54) is 143 Å². The van der Waals surface area contributed by atoms with E-state index in [9.17, 15) is 0 Å². The van der Waals surface area contributed by atoms with Crippen molar-refractivity contribution in [3.63, 3.8) is 0 Å². The van der Waals surface area contributed by atoms with Crippen LogP contribution in [0, 0.1) is 0 Å². The quantitative estimate of drug-likeness (QED) is 0.156. The third-order valence-corrected chi connectivity index (χ3v) is 15.2. The van der Waals surface area contributed by atoms with Crippen molar-refractivity contribution in [1.29, 1.82) is 0 Å². The molecule has 14 heteroatoms. The molecule has 0 saturated heterocycles. The molecule has 10 aromatic rings. The Kier molecular flexibility index (Phi) is 10.4. The van der Waals surface area contributed by atoms with Gasteiger partial charge in [-0.2, -0.15) is 0 Å². The van der Waals surface area contributed by atoms with Crippen LogP contribution in [0.5, 0.6) is 0 Å². The maximum atomic E-state index is 6.45. The number of anilines is 3. The van der Waals surface area contributed by atoms with Gasteiger partial charge in [0.2, 0.25) is 0 Å². The van der Waals surface area contributed by atoms with Crippen molar-refractivity contribution >= 4 is 220 Å². The van der Waals surface area contributed by atoms with Crippen molar-refractivity contribution in [2.45, 2.75) is 0 Å². The molecule has 0 unspecified atom stereocenters. The minimum Gasteiger partial charge on any atom is -0.456 e. The molecule has 0 fully saturated rings. The maximum Gasteiger partial charge on any atom is 0.141 e. The van der Waals surface area contributed by atoms with E-state index >= 15 is 0 Å². The number of fused-ring (bicyclic) bond motifs is 5. The first-order valence-electron chi connectivity index (χ1n) is 22.8. The first kappa shape index (κ1) is 41.9. The van der Waals surface area contributed by atoms with Crippen LogP contribution in [0.25, 0.3) is 76.9 Å². The number of nitrogens with zero attached hydrogens (tertiary/aromatic N) is 1. The zero-order valence-electron chi connectivity index (χ0n) is 39.5. The molecular formula is C50H45B12NO. The highest BCUT2D eigenvalue weighted by Gasteiger charge is 2.30. The van der Waals surface area contributed by atoms with Crippen LogP contribution < -0.4 is 70.5 Å². The van der Waals surface area contributed by atoms with E-state index in [1.807, 2.05) is 0 Å². The van der Waals surface area contributed by atoms with Gasteiger partial charge in [-0.25, -0.2) is 0 Å². The van der Waals surface area contributed by atoms with Gasteiger partial charge >= 0.3 is 0 Å². The monoisotopic (exact) mass is 807 g/mol. The van der Waals surface area contributed by atoms with Gasteiger partial charge in [-0.3, -0.25) is 0 Å². The second-order valence-electron chi connectivity index (χ2n) is 18.3. The van der Waals surface area contributed by atoms with Crippen LogP contribution in [-0.2, 0) is 0 Å². The summed E-state index contributed by atoms with van der Waals surface area (Å²) in [7, 11) is 28.2. The predicted octanol–water partition coefficient (Wildman–Crippen LogP) is -6.54. The maximum absolute atomic E-state index is 6.45. The third kappa shape index (κ3) is 6.19. The smallest absolute Gasteiger partial charge is 0.141 e. The van der Waals surface area contributed by atoms with Crippen LogP contribution in [0.4, 0.5) is 17.1 Å². The van der Waals surface area contributed by atoms with Gasteiger partial charge in [-0.05, 0) is 67.1 Å². The van der Waals surface area contributed by atoms with Gasteiger partial charge in [-0.1, -0.05) is 181 Å². The Morgan fingerprint density at radius 3 is 1.03 bits per heavy atom. The van der Waals surface area contributed by atoms with E-state index in [2.05, 4.69) is 226 Å². The van der Waals surface area contributed by atoms with Crippen molar-refractivity contribution in [2.75, 3.05) is 4.90 Å². The van der Waals surface area contributed by atoms with Gasteiger partial charge in [-0.15, -0.1) is 0 Å². The number of furan rings is 1. The van der Waals surface area contributed by atoms with E-state index in [-0.39, 0.29) is 0 Å². The summed E-state index contributed by atoms with van der Waals surface area (Å²) in [5.74, 6) is 0. The van der Waals surface area contributed by atoms with Gasteiger partial charge in [0, 0.05) is 27.8 Å². The Morgan fingerprint density at radius 2 is 0.594 bits per heavy atom. The molecule has 1 heterocycles. The van der Waals surface area contributed by atoms with E-state index < -0.39 is 0 Å². The fourth-order valence-corrected chi connectivity index (χ4v) is 11.3. The number of hydrogen-bond acceptors (Lipinski definition) is 2. The largest absolute Gasteiger partial charge is 0.456 e. The highest BCUT2D eigenvalue weighted by Crippen LogP contribution is 2.37. The summed E-state index contributed by atoms with van der Waals surface area (Å²) in [6.45, 7) is 0. The van der Waals surface area contributed by atoms with Crippen LogP contribution >= 0.6 is 0 Å². The Balaban J connectivity index is 1.30. The summed E-state index contributed by atoms with van der Waals surface area (Å²) >= 11 is 0. The summed E-state index contributed by atoms with van der Waals surface area (Å²) in [5.41, 5.74) is 29.0. The normalized spacial score (nSPS) is 11.6. The van der Waals surface area contributed by atoms with Gasteiger partial charge in [0.1, 0.15) is 105 Å². The number of rotatable bonds is 6. The Bertz CT molecular complexity index is 3380. The van der Waals surface area contributed by atoms with E-state index in [0.29, 0.717) is 0 Å². The third-order valence-electron chi connectivity index (χ3n) is 15.2. The molecule has 0 bridgehead atoms. The minimum absolute atomic E-state index is 0.920. The van der Waals surface area contributed by atoms with Crippen molar-refractivity contribution in [1.82, 2.24) is 0 Å². The molecule has 9 aromatic carbocycles. The van der Waals surface area contributed by atoms with E-state index in [4.69, 9.17) is 4.42 Å². The molecule has 0 amide bonds. The molecule has 0 spiro atoms. The lowest BCUT2D eigenvalue weighted by atomic mass is 9.61. The first-order valence-corrected chi connectivity index (χ1v) is 22.8. The standard InChI is InChI=1S/C50H45B12NO/c51-36-33(26-17-7-12-22-10-1-3-14-24(22)26)37(52)43(58)48(42(36)57)63(49-44(59)38(53)34(39(54)45(49)60)27-18-8-13-23-11-2-4-15-25(23)27)50-46(61)40(55)35(41(56)47(50)62)29-19-9-21-31-32(29)28-16-5-6-20-30(28)64-31/h1-21H,51-62H2. The lowest BCUT2D eigenvalue weighted by molar-refractivity contribution is 0.669. The fraction of sp³-hybridized carbons (Fsp3) is 0. The topological polar surface area (TPSA) is 16.4 Å². The average Bonchev–Trinajstić information content (AvgIpc) is 3.69. The van der Waals surface area contributed by atoms with Crippen LogP contribution in [0.1, 0.15) is 0 Å². The second-order valence-corrected chi connectivity index (χ2v) is 18.3. The van der Waals surface area contributed by atoms with Crippen LogP contribution in [0.3, 0.4) is 0 Å². The molecule has 0 aliphatic rings. The second kappa shape index (κ2) is 15.8. The fourth-order valence-electron chi connectivity index (χ4n) is 11.3. The molecule has 0 saturated carbocycles. The number of hydrogen-bond donors (Lipinski definition) is 0. The van der Waals surface area contributed by atoms with Crippen LogP contribution in [0.2, 0.25) is 0 Å². The highest BCUT2D eigenvalue weighted by atomic mass is 16.3. The summed E-state index contributed by atoms with van der Waals surface area (Å²) in [4.78, 5) is 2.69. The molecule has 2 nitrogen and oxygen atoms in total. The summed E-state index contributed by atoms with van der Waals surface area (Å²) < 4.78 is 6.45. The number of para-hydroxylation sites is 1. The predicted molar refractivity (Wildman–Crippen MR) is 318 cm³/mol. The lowest BCUT2D eigenvalue weighted by Crippen LogP contribution is -2.54. The molecular weight excluding hydrogens is 760 g/mol. The molecule has 0 radical (unpaired) electrons. The summed E-state index contributed by atoms with van der Waals surface area (Å²) in [5, 5.41) is 7.43. The molecule has 10 rings (SSSR count). The van der Waals surface area contributed by atoms with Gasteiger partial charge in [0.05, 0.1) is 0 Å². The van der Waals surface area contributed by atoms with Crippen molar-refractivity contribution in [2.24, 2.45) is 0 Å². The van der Waals surface area contributed by atoms with Crippen LogP contribution in [0.15, 0.2) is 132 Å². The molecule has 292 valence electrons. The van der Waals surface area contributed by atoms with Gasteiger partial charge in [0.25, 0.3) is 0 Å². The summed E-state index contributed by atoms with van der Waals surface area (Å²) in [6.07, 6.45) is 0. The van der Waals surface area contributed by atoms with Crippen molar-refractivity contribution < 1.29 is 4.42 Å². The van der Waals surface area contributed by atoms with Crippen LogP contribution in [-0.4, -0.2) is 94.2 Å². The van der Waals surface area contributed by atoms with Gasteiger partial charge < -0.3 is 9.32 Å². The Hall–Kier alpha value is -6.12. The minimum atomic E-state index is 0.920. The average molecular weight is 806 g/mol. The molecule has 64 heavy (non-hydrogen) atoms. The van der Waals surface area contributed by atoms with E-state index in [0.717, 1.165) is 16.6 Å².